The van der Waals surface area contributed by atoms with E-state index in [-0.39, 0.29) is 11.9 Å². The van der Waals surface area contributed by atoms with Gasteiger partial charge in [0.05, 0.1) is 25.9 Å². The molecule has 0 aliphatic carbocycles. The molecule has 0 aliphatic heterocycles. The van der Waals surface area contributed by atoms with E-state index in [2.05, 4.69) is 20.8 Å². The molecule has 4 aromatic rings. The lowest BCUT2D eigenvalue weighted by atomic mass is 9.98. The molecule has 8 nitrogen and oxygen atoms in total. The number of hydrogen-bond donors (Lipinski definition) is 1. The summed E-state index contributed by atoms with van der Waals surface area (Å²) >= 11 is 0. The van der Waals surface area contributed by atoms with Crippen molar-refractivity contribution in [3.63, 3.8) is 0 Å². The van der Waals surface area contributed by atoms with Crippen LogP contribution in [0.2, 0.25) is 0 Å². The smallest absolute Gasteiger partial charge is 0.251 e. The van der Waals surface area contributed by atoms with Crippen LogP contribution in [0.5, 0.6) is 11.5 Å². The highest BCUT2D eigenvalue weighted by Crippen LogP contribution is 2.23. The first-order valence-electron chi connectivity index (χ1n) is 10.1. The monoisotopic (exact) mass is 429 g/mol. The van der Waals surface area contributed by atoms with Crippen molar-refractivity contribution in [1.82, 2.24) is 25.5 Å². The van der Waals surface area contributed by atoms with E-state index in [1.165, 1.54) is 11.0 Å². The zero-order valence-corrected chi connectivity index (χ0v) is 17.8. The summed E-state index contributed by atoms with van der Waals surface area (Å²) in [6.45, 7) is 0. The molecular weight excluding hydrogens is 406 g/mol. The quantitative estimate of drug-likeness (QED) is 0.462. The van der Waals surface area contributed by atoms with Crippen LogP contribution in [-0.4, -0.2) is 40.3 Å². The van der Waals surface area contributed by atoms with Crippen molar-refractivity contribution < 1.29 is 14.3 Å². The van der Waals surface area contributed by atoms with Crippen LogP contribution in [0.1, 0.15) is 27.5 Å². The fourth-order valence-electron chi connectivity index (χ4n) is 3.37. The van der Waals surface area contributed by atoms with Crippen LogP contribution in [0.25, 0.3) is 5.69 Å². The van der Waals surface area contributed by atoms with Gasteiger partial charge in [0.15, 0.2) is 0 Å². The van der Waals surface area contributed by atoms with E-state index in [1.54, 1.807) is 38.5 Å². The van der Waals surface area contributed by atoms with E-state index in [9.17, 15) is 4.79 Å². The van der Waals surface area contributed by atoms with Gasteiger partial charge in [-0.05, 0) is 76.5 Å². The first kappa shape index (κ1) is 21.0. The van der Waals surface area contributed by atoms with Gasteiger partial charge in [0, 0.05) is 5.56 Å². The number of aromatic nitrogens is 4. The van der Waals surface area contributed by atoms with E-state index in [1.807, 2.05) is 48.5 Å². The lowest BCUT2D eigenvalue weighted by Gasteiger charge is -2.20. The van der Waals surface area contributed by atoms with Crippen LogP contribution >= 0.6 is 0 Å². The Labute approximate surface area is 185 Å². The summed E-state index contributed by atoms with van der Waals surface area (Å²) in [6.07, 6.45) is 2.13. The van der Waals surface area contributed by atoms with Crippen molar-refractivity contribution in [3.05, 3.63) is 95.8 Å². The van der Waals surface area contributed by atoms with Crippen molar-refractivity contribution >= 4 is 5.91 Å². The Balaban J connectivity index is 1.54. The number of carbonyl (C=O) groups excluding carboxylic acids is 1. The minimum atomic E-state index is -0.221. The molecule has 8 heteroatoms. The molecule has 0 radical (unpaired) electrons. The molecule has 1 aromatic heterocycles. The maximum Gasteiger partial charge on any atom is 0.251 e. The van der Waals surface area contributed by atoms with Crippen molar-refractivity contribution in [2.45, 2.75) is 12.5 Å². The van der Waals surface area contributed by atoms with Crippen LogP contribution < -0.4 is 14.8 Å². The van der Waals surface area contributed by atoms with Crippen LogP contribution in [0.15, 0.2) is 79.1 Å². The second-order valence-corrected chi connectivity index (χ2v) is 7.15. The lowest BCUT2D eigenvalue weighted by Crippen LogP contribution is -2.30. The number of rotatable bonds is 8. The number of tetrazole rings is 1. The zero-order valence-electron chi connectivity index (χ0n) is 17.8. The van der Waals surface area contributed by atoms with Gasteiger partial charge in [-0.25, -0.2) is 4.68 Å². The Morgan fingerprint density at radius 2 is 1.53 bits per heavy atom. The number of carbonyl (C=O) groups is 1. The summed E-state index contributed by atoms with van der Waals surface area (Å²) in [6, 6.07) is 22.4. The molecule has 1 atom stereocenters. The molecule has 162 valence electrons. The fourth-order valence-corrected chi connectivity index (χ4v) is 3.37. The van der Waals surface area contributed by atoms with Crippen LogP contribution in [0.3, 0.4) is 0 Å². The Kier molecular flexibility index (Phi) is 6.41. The number of nitrogens with zero attached hydrogens (tertiary/aromatic N) is 4. The average molecular weight is 429 g/mol. The van der Waals surface area contributed by atoms with E-state index in [4.69, 9.17) is 9.47 Å². The van der Waals surface area contributed by atoms with Crippen LogP contribution in [-0.2, 0) is 6.42 Å². The SMILES string of the molecule is COc1ccc(C[C@H](NC(=O)c2ccc(-n3cnnn3)cc2)c2ccc(OC)cc2)cc1. The first-order chi connectivity index (χ1) is 15.7. The molecule has 0 unspecified atom stereocenters. The zero-order chi connectivity index (χ0) is 22.3. The molecule has 4 rings (SSSR count). The third-order valence-electron chi connectivity index (χ3n) is 5.17. The number of methoxy groups -OCH3 is 2. The highest BCUT2D eigenvalue weighted by atomic mass is 16.5. The van der Waals surface area contributed by atoms with E-state index in [0.717, 1.165) is 28.3 Å². The Morgan fingerprint density at radius 3 is 2.09 bits per heavy atom. The van der Waals surface area contributed by atoms with Gasteiger partial charge in [0.2, 0.25) is 0 Å². The molecule has 32 heavy (non-hydrogen) atoms. The molecule has 0 fully saturated rings. The molecular formula is C24H23N5O3. The van der Waals surface area contributed by atoms with Crippen molar-refractivity contribution in [1.29, 1.82) is 0 Å². The molecule has 1 heterocycles. The fraction of sp³-hybridized carbons (Fsp3) is 0.167. The minimum Gasteiger partial charge on any atom is -0.497 e. The summed E-state index contributed by atoms with van der Waals surface area (Å²) < 4.78 is 12.0. The van der Waals surface area contributed by atoms with Gasteiger partial charge in [0.25, 0.3) is 5.91 Å². The second kappa shape index (κ2) is 9.74. The van der Waals surface area contributed by atoms with E-state index in [0.29, 0.717) is 12.0 Å². The maximum atomic E-state index is 13.0. The van der Waals surface area contributed by atoms with Crippen molar-refractivity contribution in [3.8, 4) is 17.2 Å². The summed E-state index contributed by atoms with van der Waals surface area (Å²) in [4.78, 5) is 13.0. The first-order valence-corrected chi connectivity index (χ1v) is 10.1. The number of ether oxygens (including phenoxy) is 2. The van der Waals surface area contributed by atoms with Crippen LogP contribution in [0.4, 0.5) is 0 Å². The lowest BCUT2D eigenvalue weighted by molar-refractivity contribution is 0.0936. The molecule has 0 saturated carbocycles. The maximum absolute atomic E-state index is 13.0. The molecule has 0 bridgehead atoms. The number of benzene rings is 3. The highest BCUT2D eigenvalue weighted by molar-refractivity contribution is 5.94. The van der Waals surface area contributed by atoms with E-state index < -0.39 is 0 Å². The van der Waals surface area contributed by atoms with Gasteiger partial charge in [0.1, 0.15) is 17.8 Å². The predicted octanol–water partition coefficient (Wildman–Crippen LogP) is 3.39. The van der Waals surface area contributed by atoms with Gasteiger partial charge in [-0.3, -0.25) is 4.79 Å². The Hall–Kier alpha value is -4.20. The topological polar surface area (TPSA) is 91.2 Å². The van der Waals surface area contributed by atoms with Crippen molar-refractivity contribution in [2.24, 2.45) is 0 Å². The van der Waals surface area contributed by atoms with Crippen LogP contribution in [0, 0.1) is 0 Å². The second-order valence-electron chi connectivity index (χ2n) is 7.15. The predicted molar refractivity (Wildman–Crippen MR) is 119 cm³/mol. The molecule has 0 saturated heterocycles. The third-order valence-corrected chi connectivity index (χ3v) is 5.17. The molecule has 1 amide bonds. The van der Waals surface area contributed by atoms with Gasteiger partial charge >= 0.3 is 0 Å². The largest absolute Gasteiger partial charge is 0.497 e. The number of hydrogen-bond acceptors (Lipinski definition) is 6. The number of nitrogens with one attached hydrogen (secondary N) is 1. The highest BCUT2D eigenvalue weighted by Gasteiger charge is 2.17. The summed E-state index contributed by atoms with van der Waals surface area (Å²) in [5, 5.41) is 14.3. The number of amides is 1. The van der Waals surface area contributed by atoms with Gasteiger partial charge in [-0.15, -0.1) is 5.10 Å². The van der Waals surface area contributed by atoms with Gasteiger partial charge < -0.3 is 14.8 Å². The van der Waals surface area contributed by atoms with Gasteiger partial charge in [-0.1, -0.05) is 24.3 Å². The minimum absolute atomic E-state index is 0.164. The molecule has 3 aromatic carbocycles. The molecule has 1 N–H and O–H groups in total. The average Bonchev–Trinajstić information content (AvgIpc) is 3.39. The summed E-state index contributed by atoms with van der Waals surface area (Å²) in [5.74, 6) is 1.39. The Bertz CT molecular complexity index is 1140. The summed E-state index contributed by atoms with van der Waals surface area (Å²) in [5.41, 5.74) is 3.40. The van der Waals surface area contributed by atoms with Gasteiger partial charge in [-0.2, -0.15) is 0 Å². The standard InChI is InChI=1S/C24H23N5O3/c1-31-21-11-3-17(4-12-21)15-23(18-7-13-22(32-2)14-8-18)26-24(30)19-5-9-20(10-6-19)29-16-25-27-28-29/h3-14,16,23H,15H2,1-2H3,(H,26,30)/t23-/m0/s1. The third kappa shape index (κ3) is 4.92. The summed E-state index contributed by atoms with van der Waals surface area (Å²) in [7, 11) is 3.27. The van der Waals surface area contributed by atoms with E-state index >= 15 is 0 Å². The molecule has 0 aliphatic rings. The normalized spacial score (nSPS) is 11.6. The van der Waals surface area contributed by atoms with Crippen molar-refractivity contribution in [2.75, 3.05) is 14.2 Å². The molecule has 0 spiro atoms. The Morgan fingerprint density at radius 1 is 0.906 bits per heavy atom.